The Morgan fingerprint density at radius 2 is 2.00 bits per heavy atom. The zero-order valence-electron chi connectivity index (χ0n) is 9.41. The van der Waals surface area contributed by atoms with Crippen molar-refractivity contribution < 1.29 is 20.1 Å². The van der Waals surface area contributed by atoms with Gasteiger partial charge in [0.25, 0.3) is 0 Å². The van der Waals surface area contributed by atoms with Gasteiger partial charge in [0.2, 0.25) is 0 Å². The van der Waals surface area contributed by atoms with E-state index < -0.39 is 5.97 Å². The summed E-state index contributed by atoms with van der Waals surface area (Å²) < 4.78 is 0. The van der Waals surface area contributed by atoms with Crippen molar-refractivity contribution in [1.82, 2.24) is 4.98 Å². The van der Waals surface area contributed by atoms with Crippen molar-refractivity contribution in [3.63, 3.8) is 0 Å². The highest BCUT2D eigenvalue weighted by Crippen LogP contribution is 2.11. The van der Waals surface area contributed by atoms with Gasteiger partial charge in [0, 0.05) is 19.7 Å². The SMILES string of the molecule is O=C(O)c1cccc(N(CCO)CCCO)n1. The number of carboxylic acid groups (broad SMARTS) is 1. The summed E-state index contributed by atoms with van der Waals surface area (Å²) in [5.41, 5.74) is -0.0329. The second-order valence-corrected chi connectivity index (χ2v) is 3.47. The quantitative estimate of drug-likeness (QED) is 0.619. The Kier molecular flexibility index (Phi) is 5.38. The molecular weight excluding hydrogens is 224 g/mol. The summed E-state index contributed by atoms with van der Waals surface area (Å²) in [7, 11) is 0. The van der Waals surface area contributed by atoms with Gasteiger partial charge in [0.15, 0.2) is 5.69 Å². The van der Waals surface area contributed by atoms with Crippen LogP contribution in [0.25, 0.3) is 0 Å². The lowest BCUT2D eigenvalue weighted by atomic mass is 10.3. The molecule has 1 aromatic rings. The Hall–Kier alpha value is -1.66. The van der Waals surface area contributed by atoms with Crippen LogP contribution in [0.4, 0.5) is 5.82 Å². The fourth-order valence-electron chi connectivity index (χ4n) is 1.44. The Balaban J connectivity index is 2.84. The number of carboxylic acids is 1. The lowest BCUT2D eigenvalue weighted by molar-refractivity contribution is 0.0690. The Bertz CT molecular complexity index is 370. The Labute approximate surface area is 99.1 Å². The fourth-order valence-corrected chi connectivity index (χ4v) is 1.44. The molecule has 0 aliphatic rings. The molecule has 1 heterocycles. The third-order valence-corrected chi connectivity index (χ3v) is 2.23. The van der Waals surface area contributed by atoms with E-state index in [1.165, 1.54) is 6.07 Å². The molecule has 0 amide bonds. The van der Waals surface area contributed by atoms with Crippen LogP contribution >= 0.6 is 0 Å². The van der Waals surface area contributed by atoms with Gasteiger partial charge in [0.1, 0.15) is 5.82 Å². The fraction of sp³-hybridized carbons (Fsp3) is 0.455. The van der Waals surface area contributed by atoms with Gasteiger partial charge in [-0.25, -0.2) is 9.78 Å². The van der Waals surface area contributed by atoms with Crippen molar-refractivity contribution in [2.75, 3.05) is 31.2 Å². The summed E-state index contributed by atoms with van der Waals surface area (Å²) in [6.07, 6.45) is 0.541. The molecule has 0 saturated carbocycles. The summed E-state index contributed by atoms with van der Waals surface area (Å²) in [6, 6.07) is 4.70. The van der Waals surface area contributed by atoms with Gasteiger partial charge in [-0.1, -0.05) is 6.07 Å². The largest absolute Gasteiger partial charge is 0.477 e. The van der Waals surface area contributed by atoms with Crippen LogP contribution in [0.3, 0.4) is 0 Å². The maximum absolute atomic E-state index is 10.8. The topological polar surface area (TPSA) is 93.9 Å². The van der Waals surface area contributed by atoms with Crippen molar-refractivity contribution in [3.8, 4) is 0 Å². The number of pyridine rings is 1. The molecule has 0 aliphatic carbocycles. The van der Waals surface area contributed by atoms with Crippen LogP contribution in [0, 0.1) is 0 Å². The monoisotopic (exact) mass is 240 g/mol. The van der Waals surface area contributed by atoms with E-state index in [1.807, 2.05) is 0 Å². The number of carbonyl (C=O) groups is 1. The number of aromatic carboxylic acids is 1. The number of rotatable bonds is 7. The molecule has 1 aromatic heterocycles. The predicted molar refractivity (Wildman–Crippen MR) is 62.2 cm³/mol. The number of aromatic nitrogens is 1. The summed E-state index contributed by atoms with van der Waals surface area (Å²) in [5, 5.41) is 26.5. The normalized spacial score (nSPS) is 10.2. The number of aliphatic hydroxyl groups excluding tert-OH is 2. The van der Waals surface area contributed by atoms with E-state index >= 15 is 0 Å². The first kappa shape index (κ1) is 13.4. The zero-order valence-corrected chi connectivity index (χ0v) is 9.41. The second-order valence-electron chi connectivity index (χ2n) is 3.47. The molecule has 6 heteroatoms. The first-order valence-electron chi connectivity index (χ1n) is 5.36. The number of hydrogen-bond acceptors (Lipinski definition) is 5. The minimum atomic E-state index is -1.09. The molecule has 0 radical (unpaired) electrons. The Morgan fingerprint density at radius 1 is 1.24 bits per heavy atom. The highest BCUT2D eigenvalue weighted by atomic mass is 16.4. The molecular formula is C11H16N2O4. The molecule has 1 rings (SSSR count). The van der Waals surface area contributed by atoms with Crippen molar-refractivity contribution in [2.45, 2.75) is 6.42 Å². The standard InChI is InChI=1S/C11H16N2O4/c14-7-2-5-13(6-8-15)10-4-1-3-9(12-10)11(16)17/h1,3-4,14-15H,2,5-8H2,(H,16,17). The van der Waals surface area contributed by atoms with Crippen molar-refractivity contribution in [2.24, 2.45) is 0 Å². The Morgan fingerprint density at radius 3 is 2.59 bits per heavy atom. The number of anilines is 1. The maximum atomic E-state index is 10.8. The average molecular weight is 240 g/mol. The van der Waals surface area contributed by atoms with Crippen LogP contribution in [0.15, 0.2) is 18.2 Å². The van der Waals surface area contributed by atoms with Gasteiger partial charge < -0.3 is 20.2 Å². The molecule has 3 N–H and O–H groups in total. The van der Waals surface area contributed by atoms with Gasteiger partial charge in [-0.15, -0.1) is 0 Å². The first-order chi connectivity index (χ1) is 8.19. The average Bonchev–Trinajstić information content (AvgIpc) is 2.34. The second kappa shape index (κ2) is 6.82. The summed E-state index contributed by atoms with van der Waals surface area (Å²) in [5.74, 6) is -0.592. The molecule has 17 heavy (non-hydrogen) atoms. The van der Waals surface area contributed by atoms with Gasteiger partial charge in [0.05, 0.1) is 6.61 Å². The lowest BCUT2D eigenvalue weighted by Gasteiger charge is -2.22. The van der Waals surface area contributed by atoms with E-state index in [0.29, 0.717) is 25.3 Å². The van der Waals surface area contributed by atoms with Crippen LogP contribution < -0.4 is 4.90 Å². The summed E-state index contributed by atoms with van der Waals surface area (Å²) in [4.78, 5) is 16.5. The predicted octanol–water partition coefficient (Wildman–Crippen LogP) is -0.0391. The molecule has 94 valence electrons. The van der Waals surface area contributed by atoms with Gasteiger partial charge in [-0.2, -0.15) is 0 Å². The molecule has 0 aliphatic heterocycles. The van der Waals surface area contributed by atoms with Crippen LogP contribution in [0.1, 0.15) is 16.9 Å². The lowest BCUT2D eigenvalue weighted by Crippen LogP contribution is -2.29. The van der Waals surface area contributed by atoms with E-state index in [9.17, 15) is 4.79 Å². The zero-order chi connectivity index (χ0) is 12.7. The minimum absolute atomic E-state index is 0.0329. The molecule has 0 bridgehead atoms. The third-order valence-electron chi connectivity index (χ3n) is 2.23. The number of hydrogen-bond donors (Lipinski definition) is 3. The van der Waals surface area contributed by atoms with E-state index in [-0.39, 0.29) is 18.9 Å². The van der Waals surface area contributed by atoms with Crippen molar-refractivity contribution in [1.29, 1.82) is 0 Å². The third kappa shape index (κ3) is 4.01. The smallest absolute Gasteiger partial charge is 0.354 e. The van der Waals surface area contributed by atoms with Crippen molar-refractivity contribution >= 4 is 11.8 Å². The maximum Gasteiger partial charge on any atom is 0.354 e. The summed E-state index contributed by atoms with van der Waals surface area (Å²) in [6.45, 7) is 0.869. The molecule has 0 unspecified atom stereocenters. The van der Waals surface area contributed by atoms with Crippen LogP contribution in [-0.4, -0.2) is 52.6 Å². The first-order valence-corrected chi connectivity index (χ1v) is 5.36. The number of nitrogens with zero attached hydrogens (tertiary/aromatic N) is 2. The van der Waals surface area contributed by atoms with Gasteiger partial charge >= 0.3 is 5.97 Å². The van der Waals surface area contributed by atoms with Crippen molar-refractivity contribution in [3.05, 3.63) is 23.9 Å². The molecule has 6 nitrogen and oxygen atoms in total. The molecule has 0 spiro atoms. The van der Waals surface area contributed by atoms with Gasteiger partial charge in [-0.3, -0.25) is 0 Å². The summed E-state index contributed by atoms with van der Waals surface area (Å²) >= 11 is 0. The minimum Gasteiger partial charge on any atom is -0.477 e. The molecule has 0 fully saturated rings. The van der Waals surface area contributed by atoms with Crippen LogP contribution in [0.2, 0.25) is 0 Å². The highest BCUT2D eigenvalue weighted by molar-refractivity contribution is 5.85. The van der Waals surface area contributed by atoms with Crippen LogP contribution in [-0.2, 0) is 0 Å². The van der Waals surface area contributed by atoms with E-state index in [1.54, 1.807) is 17.0 Å². The van der Waals surface area contributed by atoms with Crippen LogP contribution in [0.5, 0.6) is 0 Å². The molecule has 0 aromatic carbocycles. The highest BCUT2D eigenvalue weighted by Gasteiger charge is 2.10. The molecule has 0 saturated heterocycles. The van der Waals surface area contributed by atoms with E-state index in [0.717, 1.165) is 0 Å². The van der Waals surface area contributed by atoms with Gasteiger partial charge in [-0.05, 0) is 18.6 Å². The van der Waals surface area contributed by atoms with E-state index in [2.05, 4.69) is 4.98 Å². The molecule has 0 atom stereocenters. The van der Waals surface area contributed by atoms with E-state index in [4.69, 9.17) is 15.3 Å². The number of aliphatic hydroxyl groups is 2.